The van der Waals surface area contributed by atoms with E-state index in [2.05, 4.69) is 16.7 Å². The second kappa shape index (κ2) is 6.65. The van der Waals surface area contributed by atoms with Crippen LogP contribution >= 0.6 is 0 Å². The first-order valence-electron chi connectivity index (χ1n) is 5.29. The van der Waals surface area contributed by atoms with Crippen molar-refractivity contribution in [3.8, 4) is 0 Å². The van der Waals surface area contributed by atoms with E-state index in [4.69, 9.17) is 0 Å². The first-order chi connectivity index (χ1) is 8.09. The number of carbonyl (C=O) groups is 2. The quantitative estimate of drug-likeness (QED) is 0.727. The van der Waals surface area contributed by atoms with Gasteiger partial charge in [-0.25, -0.2) is 0 Å². The van der Waals surface area contributed by atoms with Crippen LogP contribution in [0.3, 0.4) is 0 Å². The van der Waals surface area contributed by atoms with Crippen molar-refractivity contribution < 1.29 is 9.59 Å². The van der Waals surface area contributed by atoms with Gasteiger partial charge < -0.3 is 15.5 Å². The summed E-state index contributed by atoms with van der Waals surface area (Å²) in [5.41, 5.74) is 0.580. The molecule has 0 unspecified atom stereocenters. The third-order valence-electron chi connectivity index (χ3n) is 2.03. The van der Waals surface area contributed by atoms with E-state index in [1.165, 1.54) is 0 Å². The third kappa shape index (κ3) is 5.12. The molecule has 2 N–H and O–H groups in total. The summed E-state index contributed by atoms with van der Waals surface area (Å²) in [5, 5.41) is 5.03. The van der Waals surface area contributed by atoms with Crippen LogP contribution in [0.2, 0.25) is 0 Å². The molecule has 0 spiro atoms. The van der Waals surface area contributed by atoms with E-state index < -0.39 is 11.8 Å². The molecule has 0 heterocycles. The van der Waals surface area contributed by atoms with E-state index in [9.17, 15) is 9.59 Å². The van der Waals surface area contributed by atoms with Gasteiger partial charge >= 0.3 is 11.8 Å². The minimum atomic E-state index is -0.657. The number of hydrogen-bond acceptors (Lipinski definition) is 3. The maximum absolute atomic E-state index is 11.4. The lowest BCUT2D eigenvalue weighted by molar-refractivity contribution is -0.136. The molecule has 0 bridgehead atoms. The van der Waals surface area contributed by atoms with Crippen LogP contribution in [-0.2, 0) is 9.59 Å². The van der Waals surface area contributed by atoms with Crippen molar-refractivity contribution in [1.82, 2.24) is 10.2 Å². The first-order valence-corrected chi connectivity index (χ1v) is 5.29. The molecule has 0 saturated carbocycles. The SMILES string of the molecule is CN(C)CCNC(=O)C(=O)Nc1cc[c]cc1. The molecule has 0 fully saturated rings. The van der Waals surface area contributed by atoms with Crippen molar-refractivity contribution in [2.45, 2.75) is 0 Å². The fourth-order valence-electron chi connectivity index (χ4n) is 1.13. The highest BCUT2D eigenvalue weighted by Gasteiger charge is 2.12. The topological polar surface area (TPSA) is 61.4 Å². The van der Waals surface area contributed by atoms with Gasteiger partial charge in [0.1, 0.15) is 0 Å². The monoisotopic (exact) mass is 234 g/mol. The van der Waals surface area contributed by atoms with Gasteiger partial charge in [0.15, 0.2) is 0 Å². The van der Waals surface area contributed by atoms with Crippen LogP contribution in [0.4, 0.5) is 5.69 Å². The number of rotatable bonds is 4. The largest absolute Gasteiger partial charge is 0.347 e. The van der Waals surface area contributed by atoms with Crippen molar-refractivity contribution in [2.24, 2.45) is 0 Å². The van der Waals surface area contributed by atoms with Crippen molar-refractivity contribution in [2.75, 3.05) is 32.5 Å². The molecule has 5 heteroatoms. The van der Waals surface area contributed by atoms with E-state index in [1.807, 2.05) is 19.0 Å². The summed E-state index contributed by atoms with van der Waals surface area (Å²) in [6.45, 7) is 1.14. The van der Waals surface area contributed by atoms with Crippen LogP contribution in [0.25, 0.3) is 0 Å². The van der Waals surface area contributed by atoms with Crippen molar-refractivity contribution in [1.29, 1.82) is 0 Å². The molecule has 2 amide bonds. The maximum atomic E-state index is 11.4. The number of benzene rings is 1. The van der Waals surface area contributed by atoms with Crippen LogP contribution < -0.4 is 10.6 Å². The number of nitrogens with zero attached hydrogens (tertiary/aromatic N) is 1. The Hall–Kier alpha value is -1.88. The molecular weight excluding hydrogens is 218 g/mol. The Morgan fingerprint density at radius 3 is 2.47 bits per heavy atom. The predicted molar refractivity (Wildman–Crippen MR) is 65.5 cm³/mol. The van der Waals surface area contributed by atoms with Gasteiger partial charge in [-0.1, -0.05) is 12.1 Å². The predicted octanol–water partition coefficient (Wildman–Crippen LogP) is 0.103. The highest BCUT2D eigenvalue weighted by atomic mass is 16.2. The summed E-state index contributed by atoms with van der Waals surface area (Å²) < 4.78 is 0. The summed E-state index contributed by atoms with van der Waals surface area (Å²) in [6, 6.07) is 9.50. The molecule has 0 aliphatic rings. The Kier molecular flexibility index (Phi) is 5.16. The Labute approximate surface area is 101 Å². The highest BCUT2D eigenvalue weighted by Crippen LogP contribution is 2.03. The fourth-order valence-corrected chi connectivity index (χ4v) is 1.13. The van der Waals surface area contributed by atoms with Gasteiger partial charge in [0.05, 0.1) is 0 Å². The standard InChI is InChI=1S/C12H16N3O2/c1-15(2)9-8-13-11(16)12(17)14-10-6-4-3-5-7-10/h4-7H,8-9H2,1-2H3,(H,13,16)(H,14,17). The molecule has 1 aromatic carbocycles. The fraction of sp³-hybridized carbons (Fsp3) is 0.333. The lowest BCUT2D eigenvalue weighted by Gasteiger charge is -2.10. The van der Waals surface area contributed by atoms with E-state index in [1.54, 1.807) is 24.3 Å². The average molecular weight is 234 g/mol. The second-order valence-electron chi connectivity index (χ2n) is 3.80. The molecule has 0 aliphatic carbocycles. The van der Waals surface area contributed by atoms with Gasteiger partial charge in [0, 0.05) is 18.8 Å². The van der Waals surface area contributed by atoms with Crippen LogP contribution in [0, 0.1) is 6.07 Å². The lowest BCUT2D eigenvalue weighted by Crippen LogP contribution is -2.38. The van der Waals surface area contributed by atoms with Gasteiger partial charge in [0.25, 0.3) is 0 Å². The highest BCUT2D eigenvalue weighted by molar-refractivity contribution is 6.39. The summed E-state index contributed by atoms with van der Waals surface area (Å²) in [4.78, 5) is 24.7. The Bertz CT molecular complexity index is 377. The molecule has 0 saturated heterocycles. The Morgan fingerprint density at radius 2 is 1.88 bits per heavy atom. The minimum Gasteiger partial charge on any atom is -0.347 e. The number of nitrogens with one attached hydrogen (secondary N) is 2. The molecule has 1 aromatic rings. The number of anilines is 1. The number of likely N-dealkylation sites (N-methyl/N-ethyl adjacent to an activating group) is 1. The molecule has 91 valence electrons. The van der Waals surface area contributed by atoms with Gasteiger partial charge in [-0.15, -0.1) is 0 Å². The zero-order valence-corrected chi connectivity index (χ0v) is 9.99. The second-order valence-corrected chi connectivity index (χ2v) is 3.80. The van der Waals surface area contributed by atoms with Gasteiger partial charge in [0.2, 0.25) is 0 Å². The molecule has 0 aromatic heterocycles. The summed E-state index contributed by atoms with van der Waals surface area (Å²) in [7, 11) is 3.79. The molecule has 1 rings (SSSR count). The minimum absolute atomic E-state index is 0.446. The molecule has 5 nitrogen and oxygen atoms in total. The van der Waals surface area contributed by atoms with Crippen LogP contribution in [-0.4, -0.2) is 43.9 Å². The third-order valence-corrected chi connectivity index (χ3v) is 2.03. The first kappa shape index (κ1) is 13.2. The average Bonchev–Trinajstić information content (AvgIpc) is 2.29. The Balaban J connectivity index is 2.35. The number of amides is 2. The molecular formula is C12H16N3O2. The number of hydrogen-bond donors (Lipinski definition) is 2. The normalized spacial score (nSPS) is 10.1. The van der Waals surface area contributed by atoms with E-state index >= 15 is 0 Å². The zero-order valence-electron chi connectivity index (χ0n) is 9.99. The summed E-state index contributed by atoms with van der Waals surface area (Å²) in [6.07, 6.45) is 0. The van der Waals surface area contributed by atoms with Crippen molar-refractivity contribution >= 4 is 17.5 Å². The van der Waals surface area contributed by atoms with Crippen LogP contribution in [0.5, 0.6) is 0 Å². The molecule has 1 radical (unpaired) electrons. The molecule has 0 aliphatic heterocycles. The Morgan fingerprint density at radius 1 is 1.24 bits per heavy atom. The van der Waals surface area contributed by atoms with Gasteiger partial charge in [-0.3, -0.25) is 9.59 Å². The van der Waals surface area contributed by atoms with Crippen molar-refractivity contribution in [3.63, 3.8) is 0 Å². The maximum Gasteiger partial charge on any atom is 0.313 e. The van der Waals surface area contributed by atoms with Crippen LogP contribution in [0.1, 0.15) is 0 Å². The van der Waals surface area contributed by atoms with Gasteiger partial charge in [-0.2, -0.15) is 0 Å². The summed E-state index contributed by atoms with van der Waals surface area (Å²) >= 11 is 0. The van der Waals surface area contributed by atoms with Crippen molar-refractivity contribution in [3.05, 3.63) is 30.3 Å². The van der Waals surface area contributed by atoms with Gasteiger partial charge in [-0.05, 0) is 32.3 Å². The number of carbonyl (C=O) groups excluding carboxylic acids is 2. The van der Waals surface area contributed by atoms with E-state index in [-0.39, 0.29) is 0 Å². The van der Waals surface area contributed by atoms with E-state index in [0.717, 1.165) is 0 Å². The zero-order chi connectivity index (χ0) is 12.7. The smallest absolute Gasteiger partial charge is 0.313 e. The summed E-state index contributed by atoms with van der Waals surface area (Å²) in [5.74, 6) is -1.28. The molecule has 17 heavy (non-hydrogen) atoms. The van der Waals surface area contributed by atoms with Crippen LogP contribution in [0.15, 0.2) is 24.3 Å². The molecule has 0 atom stereocenters. The van der Waals surface area contributed by atoms with E-state index in [0.29, 0.717) is 18.8 Å². The lowest BCUT2D eigenvalue weighted by atomic mass is 10.3.